The van der Waals surface area contributed by atoms with Gasteiger partial charge in [-0.1, -0.05) is 0 Å². The van der Waals surface area contributed by atoms with Crippen LogP contribution >= 0.6 is 0 Å². The predicted octanol–water partition coefficient (Wildman–Crippen LogP) is -3.21. The van der Waals surface area contributed by atoms with Crippen molar-refractivity contribution in [2.24, 2.45) is 0 Å². The fourth-order valence-corrected chi connectivity index (χ4v) is 1.43. The number of amides is 4. The Morgan fingerprint density at radius 2 is 1.19 bits per heavy atom. The highest BCUT2D eigenvalue weighted by Crippen LogP contribution is 1.89. The van der Waals surface area contributed by atoms with Crippen molar-refractivity contribution in [3.8, 4) is 0 Å². The lowest BCUT2D eigenvalue weighted by atomic mass is 10.5. The number of rotatable bonds is 14. The first-order chi connectivity index (χ1) is 10.1. The number of hydrogen-bond acceptors (Lipinski definition) is 6. The molecule has 4 N–H and O–H groups in total. The van der Waals surface area contributed by atoms with E-state index in [1.54, 1.807) is 9.80 Å². The molecular weight excluding hydrogens is 280 g/mol. The second kappa shape index (κ2) is 12.8. The van der Waals surface area contributed by atoms with Crippen LogP contribution in [0.15, 0.2) is 0 Å². The van der Waals surface area contributed by atoms with E-state index in [0.29, 0.717) is 32.3 Å². The fourth-order valence-electron chi connectivity index (χ4n) is 1.43. The van der Waals surface area contributed by atoms with Crippen LogP contribution in [0.2, 0.25) is 0 Å². The third kappa shape index (κ3) is 11.3. The van der Waals surface area contributed by atoms with Crippen molar-refractivity contribution >= 4 is 25.1 Å². The molecule has 0 aliphatic carbocycles. The van der Waals surface area contributed by atoms with E-state index >= 15 is 0 Å². The highest BCUT2D eigenvalue weighted by atomic mass is 16.2. The summed E-state index contributed by atoms with van der Waals surface area (Å²) < 4.78 is 0. The van der Waals surface area contributed by atoms with E-state index in [1.807, 2.05) is 0 Å². The minimum absolute atomic E-state index is 0.173. The van der Waals surface area contributed by atoms with E-state index < -0.39 is 0 Å². The Kier molecular flexibility index (Phi) is 11.5. The zero-order valence-corrected chi connectivity index (χ0v) is 12.0. The molecule has 0 aliphatic rings. The van der Waals surface area contributed by atoms with Crippen molar-refractivity contribution in [1.82, 2.24) is 31.1 Å². The molecule has 120 valence electrons. The first-order valence-electron chi connectivity index (χ1n) is 6.34. The fraction of sp³-hybridized carbons (Fsp3) is 0.636. The quantitative estimate of drug-likeness (QED) is 0.198. The van der Waals surface area contributed by atoms with Gasteiger partial charge in [-0.25, -0.2) is 0 Å². The van der Waals surface area contributed by atoms with E-state index in [2.05, 4.69) is 21.3 Å². The van der Waals surface area contributed by atoms with Crippen LogP contribution in [0, 0.1) is 0 Å². The Labute approximate surface area is 123 Å². The molecule has 0 atom stereocenters. The number of carbonyl (C=O) groups excluding carboxylic acids is 4. The minimum atomic E-state index is -0.173. The third-order valence-corrected chi connectivity index (χ3v) is 2.48. The molecular formula is C11H22N6O4. The standard InChI is InChI=1S/C11H22N6O4/c1-11(21)15-7-17(6-14-10-20)3-2-16(4-12-8-18)5-13-9-19/h8-10H,2-7H2,1H3,(H,12,18)(H,13,19)(H,14,20)(H,15,21). The average molecular weight is 302 g/mol. The second-order valence-corrected chi connectivity index (χ2v) is 4.12. The zero-order valence-electron chi connectivity index (χ0n) is 12.0. The third-order valence-electron chi connectivity index (χ3n) is 2.48. The molecule has 0 aromatic heterocycles. The van der Waals surface area contributed by atoms with E-state index in [0.717, 1.165) is 0 Å². The molecule has 0 spiro atoms. The van der Waals surface area contributed by atoms with E-state index in [9.17, 15) is 19.2 Å². The summed E-state index contributed by atoms with van der Waals surface area (Å²) in [6.07, 6.45) is 1.70. The van der Waals surface area contributed by atoms with Gasteiger partial charge in [0.25, 0.3) is 0 Å². The largest absolute Gasteiger partial charge is 0.346 e. The SMILES string of the molecule is CC(=O)NCN(CCN(CNC=O)CNC=O)CNC=O. The highest BCUT2D eigenvalue weighted by Gasteiger charge is 2.09. The van der Waals surface area contributed by atoms with Crippen LogP contribution < -0.4 is 21.3 Å². The Morgan fingerprint density at radius 1 is 0.810 bits per heavy atom. The van der Waals surface area contributed by atoms with E-state index in [4.69, 9.17) is 0 Å². The summed E-state index contributed by atoms with van der Waals surface area (Å²) >= 11 is 0. The van der Waals surface area contributed by atoms with Crippen LogP contribution in [-0.4, -0.2) is 74.7 Å². The van der Waals surface area contributed by atoms with Crippen LogP contribution in [0.25, 0.3) is 0 Å². The van der Waals surface area contributed by atoms with Crippen molar-refractivity contribution in [1.29, 1.82) is 0 Å². The Hall–Kier alpha value is -2.20. The summed E-state index contributed by atoms with van der Waals surface area (Å²) in [4.78, 5) is 45.4. The van der Waals surface area contributed by atoms with Crippen LogP contribution in [0.5, 0.6) is 0 Å². The van der Waals surface area contributed by atoms with Crippen LogP contribution in [0.1, 0.15) is 6.92 Å². The highest BCUT2D eigenvalue weighted by molar-refractivity contribution is 5.72. The molecule has 21 heavy (non-hydrogen) atoms. The lowest BCUT2D eigenvalue weighted by molar-refractivity contribution is -0.119. The molecule has 10 heteroatoms. The lowest BCUT2D eigenvalue weighted by Gasteiger charge is -2.26. The number of nitrogens with one attached hydrogen (secondary N) is 4. The number of nitrogens with zero attached hydrogens (tertiary/aromatic N) is 2. The molecule has 0 heterocycles. The van der Waals surface area contributed by atoms with Crippen molar-refractivity contribution in [3.05, 3.63) is 0 Å². The number of hydrogen-bond donors (Lipinski definition) is 4. The Bertz CT molecular complexity index is 316. The van der Waals surface area contributed by atoms with Gasteiger partial charge in [0, 0.05) is 20.0 Å². The molecule has 0 radical (unpaired) electrons. The maximum absolute atomic E-state index is 10.9. The van der Waals surface area contributed by atoms with Gasteiger partial charge in [-0.2, -0.15) is 0 Å². The molecule has 0 unspecified atom stereocenters. The smallest absolute Gasteiger partial charge is 0.217 e. The lowest BCUT2D eigenvalue weighted by Crippen LogP contribution is -2.48. The molecule has 0 rings (SSSR count). The van der Waals surface area contributed by atoms with Crippen LogP contribution in [0.3, 0.4) is 0 Å². The molecule has 0 saturated heterocycles. The van der Waals surface area contributed by atoms with Crippen LogP contribution in [0.4, 0.5) is 0 Å². The van der Waals surface area contributed by atoms with Gasteiger partial charge < -0.3 is 21.3 Å². The van der Waals surface area contributed by atoms with Gasteiger partial charge in [0.15, 0.2) is 0 Å². The molecule has 0 fully saturated rings. The minimum Gasteiger partial charge on any atom is -0.346 e. The van der Waals surface area contributed by atoms with Gasteiger partial charge in [-0.3, -0.25) is 29.0 Å². The molecule has 0 aromatic rings. The molecule has 0 aliphatic heterocycles. The van der Waals surface area contributed by atoms with E-state index in [-0.39, 0.29) is 32.6 Å². The summed E-state index contributed by atoms with van der Waals surface area (Å²) in [5.74, 6) is -0.173. The molecule has 10 nitrogen and oxygen atoms in total. The maximum Gasteiger partial charge on any atom is 0.217 e. The summed E-state index contributed by atoms with van der Waals surface area (Å²) in [7, 11) is 0. The summed E-state index contributed by atoms with van der Waals surface area (Å²) in [5, 5.41) is 10.2. The molecule has 0 aromatic carbocycles. The van der Waals surface area contributed by atoms with E-state index in [1.165, 1.54) is 6.92 Å². The first kappa shape index (κ1) is 18.8. The van der Waals surface area contributed by atoms with Gasteiger partial charge >= 0.3 is 0 Å². The van der Waals surface area contributed by atoms with Crippen molar-refractivity contribution in [2.75, 3.05) is 39.8 Å². The summed E-state index contributed by atoms with van der Waals surface area (Å²) in [5.41, 5.74) is 0. The Balaban J connectivity index is 4.26. The number of carbonyl (C=O) groups is 4. The zero-order chi connectivity index (χ0) is 15.9. The summed E-state index contributed by atoms with van der Waals surface area (Å²) in [6.45, 7) is 3.55. The van der Waals surface area contributed by atoms with Gasteiger partial charge in [0.2, 0.25) is 25.1 Å². The normalized spacial score (nSPS) is 10.0. The van der Waals surface area contributed by atoms with Gasteiger partial charge in [0.05, 0.1) is 26.7 Å². The topological polar surface area (TPSA) is 123 Å². The first-order valence-corrected chi connectivity index (χ1v) is 6.34. The van der Waals surface area contributed by atoms with Crippen molar-refractivity contribution in [2.45, 2.75) is 6.92 Å². The van der Waals surface area contributed by atoms with Gasteiger partial charge in [-0.15, -0.1) is 0 Å². The molecule has 0 saturated carbocycles. The maximum atomic E-state index is 10.9. The Morgan fingerprint density at radius 3 is 1.52 bits per heavy atom. The molecule has 4 amide bonds. The van der Waals surface area contributed by atoms with Crippen molar-refractivity contribution < 1.29 is 19.2 Å². The van der Waals surface area contributed by atoms with Crippen molar-refractivity contribution in [3.63, 3.8) is 0 Å². The van der Waals surface area contributed by atoms with Gasteiger partial charge in [-0.05, 0) is 0 Å². The summed E-state index contributed by atoms with van der Waals surface area (Å²) in [6, 6.07) is 0. The average Bonchev–Trinajstić information content (AvgIpc) is 2.47. The monoisotopic (exact) mass is 302 g/mol. The van der Waals surface area contributed by atoms with Crippen LogP contribution in [-0.2, 0) is 19.2 Å². The van der Waals surface area contributed by atoms with Gasteiger partial charge in [0.1, 0.15) is 0 Å². The second-order valence-electron chi connectivity index (χ2n) is 4.12. The molecule has 0 bridgehead atoms. The predicted molar refractivity (Wildman–Crippen MR) is 74.3 cm³/mol.